The van der Waals surface area contributed by atoms with Crippen LogP contribution in [-0.2, 0) is 0 Å². The molecule has 0 atom stereocenters. The molecule has 5 N–H and O–H groups in total. The van der Waals surface area contributed by atoms with E-state index in [1.54, 1.807) is 19.1 Å². The summed E-state index contributed by atoms with van der Waals surface area (Å²) in [5, 5.41) is 13.6. The molecule has 3 heterocycles. The van der Waals surface area contributed by atoms with Crippen molar-refractivity contribution in [2.75, 3.05) is 19.0 Å². The number of hydrogen-bond acceptors (Lipinski definition) is 9. The summed E-state index contributed by atoms with van der Waals surface area (Å²) in [5.74, 6) is 5.59. The van der Waals surface area contributed by atoms with Crippen LogP contribution in [0.3, 0.4) is 0 Å². The standard InChI is InChI=1S/C23H22N8O4/c1-3-25-23(33)28-18-10-15(22-31-30-20(35-22)13-7-5-4-6-8-13)17(12-26-18)14-9-16(19(32)29-24)21(34-2)27-11-14/h4-12H,3,24H2,1-2H3,(H,29,32)(H2,25,26,28,33). The fourth-order valence-electron chi connectivity index (χ4n) is 3.28. The van der Waals surface area contributed by atoms with Crippen LogP contribution in [0.5, 0.6) is 5.88 Å². The SMILES string of the molecule is CCNC(=O)Nc1cc(-c2nnc(-c3ccccc3)o2)c(-c2cnc(OC)c(C(=O)NN)c2)cn1. The second-order valence-corrected chi connectivity index (χ2v) is 7.13. The number of nitrogen functional groups attached to an aromatic ring is 1. The third kappa shape index (κ3) is 5.07. The van der Waals surface area contributed by atoms with Gasteiger partial charge >= 0.3 is 6.03 Å². The Morgan fingerprint density at radius 1 is 1.00 bits per heavy atom. The summed E-state index contributed by atoms with van der Waals surface area (Å²) in [6, 6.07) is 12.0. The van der Waals surface area contributed by atoms with Gasteiger partial charge in [-0.25, -0.2) is 20.6 Å². The molecule has 4 rings (SSSR count). The van der Waals surface area contributed by atoms with Crippen LogP contribution in [0.4, 0.5) is 10.6 Å². The maximum atomic E-state index is 12.3. The van der Waals surface area contributed by atoms with Crippen LogP contribution in [-0.4, -0.2) is 45.8 Å². The van der Waals surface area contributed by atoms with Crippen LogP contribution >= 0.6 is 0 Å². The van der Waals surface area contributed by atoms with E-state index in [2.05, 4.69) is 36.2 Å². The number of amides is 3. The molecule has 3 amide bonds. The Labute approximate surface area is 199 Å². The van der Waals surface area contributed by atoms with Crippen LogP contribution in [0.25, 0.3) is 34.0 Å². The van der Waals surface area contributed by atoms with Gasteiger partial charge in [-0.2, -0.15) is 0 Å². The summed E-state index contributed by atoms with van der Waals surface area (Å²) >= 11 is 0. The number of pyridine rings is 2. The average molecular weight is 474 g/mol. The fourth-order valence-corrected chi connectivity index (χ4v) is 3.28. The molecule has 35 heavy (non-hydrogen) atoms. The summed E-state index contributed by atoms with van der Waals surface area (Å²) in [4.78, 5) is 32.8. The first-order valence-corrected chi connectivity index (χ1v) is 10.5. The molecule has 0 bridgehead atoms. The number of carbonyl (C=O) groups excluding carboxylic acids is 2. The molecule has 178 valence electrons. The number of hydrazine groups is 1. The molecule has 0 unspecified atom stereocenters. The van der Waals surface area contributed by atoms with Gasteiger partial charge in [0.15, 0.2) is 0 Å². The molecule has 0 saturated heterocycles. The van der Waals surface area contributed by atoms with Gasteiger partial charge in [-0.15, -0.1) is 10.2 Å². The lowest BCUT2D eigenvalue weighted by atomic mass is 10.0. The van der Waals surface area contributed by atoms with Crippen LogP contribution in [0.2, 0.25) is 0 Å². The summed E-state index contributed by atoms with van der Waals surface area (Å²) in [5.41, 5.74) is 4.44. The number of aromatic nitrogens is 4. The quantitative estimate of drug-likeness (QED) is 0.178. The van der Waals surface area contributed by atoms with Crippen molar-refractivity contribution in [2.24, 2.45) is 5.84 Å². The van der Waals surface area contributed by atoms with Crippen molar-refractivity contribution in [3.8, 4) is 39.9 Å². The number of ether oxygens (including phenoxy) is 1. The Kier molecular flexibility index (Phi) is 6.93. The van der Waals surface area contributed by atoms with E-state index in [4.69, 9.17) is 15.0 Å². The third-order valence-corrected chi connectivity index (χ3v) is 4.89. The minimum absolute atomic E-state index is 0.102. The van der Waals surface area contributed by atoms with Gasteiger partial charge in [0.25, 0.3) is 5.91 Å². The molecule has 4 aromatic rings. The first kappa shape index (κ1) is 23.3. The Morgan fingerprint density at radius 3 is 2.49 bits per heavy atom. The Morgan fingerprint density at radius 2 is 1.77 bits per heavy atom. The zero-order valence-electron chi connectivity index (χ0n) is 18.9. The monoisotopic (exact) mass is 474 g/mol. The molecule has 0 aliphatic heterocycles. The highest BCUT2D eigenvalue weighted by molar-refractivity contribution is 5.98. The van der Waals surface area contributed by atoms with E-state index in [0.717, 1.165) is 5.56 Å². The highest BCUT2D eigenvalue weighted by Crippen LogP contribution is 2.35. The van der Waals surface area contributed by atoms with Crippen LogP contribution in [0.15, 0.2) is 59.3 Å². The van der Waals surface area contributed by atoms with Crippen molar-refractivity contribution in [3.63, 3.8) is 0 Å². The molecule has 12 heteroatoms. The summed E-state index contributed by atoms with van der Waals surface area (Å²) < 4.78 is 11.1. The summed E-state index contributed by atoms with van der Waals surface area (Å²) in [6.45, 7) is 2.25. The normalized spacial score (nSPS) is 10.5. The molecular weight excluding hydrogens is 452 g/mol. The van der Waals surface area contributed by atoms with Gasteiger partial charge in [0.05, 0.1) is 12.7 Å². The Hall–Kier alpha value is -4.84. The van der Waals surface area contributed by atoms with Crippen LogP contribution in [0, 0.1) is 0 Å². The molecule has 0 aliphatic carbocycles. The average Bonchev–Trinajstić information content (AvgIpc) is 3.39. The van der Waals surface area contributed by atoms with E-state index in [0.29, 0.717) is 29.1 Å². The number of rotatable bonds is 7. The number of nitrogens with two attached hydrogens (primary N) is 1. The van der Waals surface area contributed by atoms with Crippen molar-refractivity contribution in [3.05, 3.63) is 60.4 Å². The first-order chi connectivity index (χ1) is 17.0. The number of benzene rings is 1. The molecule has 0 spiro atoms. The van der Waals surface area contributed by atoms with Crippen LogP contribution in [0.1, 0.15) is 17.3 Å². The van der Waals surface area contributed by atoms with Gasteiger partial charge in [-0.05, 0) is 31.2 Å². The van der Waals surface area contributed by atoms with Gasteiger partial charge in [0.1, 0.15) is 11.4 Å². The predicted octanol–water partition coefficient (Wildman–Crippen LogP) is 2.61. The maximum Gasteiger partial charge on any atom is 0.320 e. The topological polar surface area (TPSA) is 170 Å². The number of hydrogen-bond donors (Lipinski definition) is 4. The molecule has 12 nitrogen and oxygen atoms in total. The van der Waals surface area contributed by atoms with Crippen molar-refractivity contribution in [1.82, 2.24) is 30.9 Å². The minimum atomic E-state index is -0.579. The lowest BCUT2D eigenvalue weighted by Gasteiger charge is -2.12. The van der Waals surface area contributed by atoms with Crippen molar-refractivity contribution >= 4 is 17.8 Å². The van der Waals surface area contributed by atoms with Gasteiger partial charge in [-0.3, -0.25) is 15.5 Å². The highest BCUT2D eigenvalue weighted by atomic mass is 16.5. The number of methoxy groups -OCH3 is 1. The molecule has 0 fully saturated rings. The fraction of sp³-hybridized carbons (Fsp3) is 0.130. The van der Waals surface area contributed by atoms with Gasteiger partial charge in [-0.1, -0.05) is 18.2 Å². The zero-order chi connectivity index (χ0) is 24.8. The van der Waals surface area contributed by atoms with Crippen molar-refractivity contribution in [1.29, 1.82) is 0 Å². The van der Waals surface area contributed by atoms with Crippen molar-refractivity contribution in [2.45, 2.75) is 6.92 Å². The molecule has 1 aromatic carbocycles. The maximum absolute atomic E-state index is 12.3. The number of anilines is 1. The second kappa shape index (κ2) is 10.4. The van der Waals surface area contributed by atoms with E-state index < -0.39 is 11.9 Å². The van der Waals surface area contributed by atoms with E-state index in [9.17, 15) is 9.59 Å². The lowest BCUT2D eigenvalue weighted by Crippen LogP contribution is -2.30. The van der Waals surface area contributed by atoms with Crippen LogP contribution < -0.4 is 26.6 Å². The smallest absolute Gasteiger partial charge is 0.320 e. The number of carbonyl (C=O) groups is 2. The van der Waals surface area contributed by atoms with Gasteiger partial charge < -0.3 is 14.5 Å². The zero-order valence-corrected chi connectivity index (χ0v) is 18.9. The van der Waals surface area contributed by atoms with Crippen molar-refractivity contribution < 1.29 is 18.7 Å². The summed E-state index contributed by atoms with van der Waals surface area (Å²) in [7, 11) is 1.40. The second-order valence-electron chi connectivity index (χ2n) is 7.13. The molecule has 0 saturated carbocycles. The third-order valence-electron chi connectivity index (χ3n) is 4.89. The van der Waals surface area contributed by atoms with E-state index in [1.165, 1.54) is 19.5 Å². The van der Waals surface area contributed by atoms with E-state index in [1.807, 2.05) is 30.3 Å². The molecule has 0 radical (unpaired) electrons. The van der Waals surface area contributed by atoms with E-state index >= 15 is 0 Å². The number of urea groups is 1. The first-order valence-electron chi connectivity index (χ1n) is 10.5. The summed E-state index contributed by atoms with van der Waals surface area (Å²) in [6.07, 6.45) is 3.02. The minimum Gasteiger partial charge on any atom is -0.480 e. The van der Waals surface area contributed by atoms with Gasteiger partial charge in [0.2, 0.25) is 17.7 Å². The predicted molar refractivity (Wildman–Crippen MR) is 127 cm³/mol. The highest BCUT2D eigenvalue weighted by Gasteiger charge is 2.20. The number of nitrogens with zero attached hydrogens (tertiary/aromatic N) is 4. The Balaban J connectivity index is 1.83. The largest absolute Gasteiger partial charge is 0.480 e. The lowest BCUT2D eigenvalue weighted by molar-refractivity contribution is 0.0950. The number of nitrogens with one attached hydrogen (secondary N) is 3. The van der Waals surface area contributed by atoms with Gasteiger partial charge in [0, 0.05) is 35.6 Å². The van der Waals surface area contributed by atoms with E-state index in [-0.39, 0.29) is 23.2 Å². The molecule has 0 aliphatic rings. The Bertz CT molecular complexity index is 1360. The molecule has 3 aromatic heterocycles. The molecular formula is C23H22N8O4.